The van der Waals surface area contributed by atoms with Crippen molar-refractivity contribution in [3.63, 3.8) is 0 Å². The summed E-state index contributed by atoms with van der Waals surface area (Å²) in [6.07, 6.45) is 7.39. The number of halogens is 3. The second-order valence-electron chi connectivity index (χ2n) is 15.9. The fourth-order valence-electron chi connectivity index (χ4n) is 7.91. The molecule has 1 aliphatic carbocycles. The van der Waals surface area contributed by atoms with Gasteiger partial charge in [-0.05, 0) is 102 Å². The quantitative estimate of drug-likeness (QED) is 0.136. The molecular formula is C41H43ClF2N10OS2. The second-order valence-corrected chi connectivity index (χ2v) is 19.3. The largest absolute Gasteiger partial charge is 0.355 e. The number of aromatic nitrogens is 7. The standard InChI is InChI=1S/C41H43ClF2N10OS2/c1-23(2)54-24(3)48-36-28(43)17-26(18-30(36)54)35-29(44)20-47-39(51-35)50-32-12-11-31(38(42)49-32)56-34-22-45-33(21-46-34)53-15-13-41(14-16-53)19-25-9-7-8-10-27(25)37(41)52-57(55)40(4,5)6/h7-12,17-18,20-23,37,52H,13-16,19H2,1-6H3,(H,47,49,50,51)/t37-,57-/m1/s1. The Kier molecular flexibility index (Phi) is 10.5. The maximum absolute atomic E-state index is 15.2. The lowest BCUT2D eigenvalue weighted by molar-refractivity contribution is 0.177. The summed E-state index contributed by atoms with van der Waals surface area (Å²) in [5, 5.41) is 3.86. The molecule has 16 heteroatoms. The van der Waals surface area contributed by atoms with Crippen molar-refractivity contribution < 1.29 is 13.0 Å². The molecule has 57 heavy (non-hydrogen) atoms. The van der Waals surface area contributed by atoms with Crippen LogP contribution >= 0.6 is 23.4 Å². The lowest BCUT2D eigenvalue weighted by Crippen LogP contribution is -2.48. The van der Waals surface area contributed by atoms with Crippen LogP contribution in [0.4, 0.5) is 26.4 Å². The normalized spacial score (nSPS) is 17.1. The Hall–Kier alpha value is -4.57. The second kappa shape index (κ2) is 15.3. The fourth-order valence-corrected chi connectivity index (χ4v) is 9.83. The van der Waals surface area contributed by atoms with E-state index in [0.29, 0.717) is 27.1 Å². The fraction of sp³-hybridized carbons (Fsp3) is 0.366. The van der Waals surface area contributed by atoms with Crippen molar-refractivity contribution in [3.05, 3.63) is 101 Å². The van der Waals surface area contributed by atoms with Crippen molar-refractivity contribution >= 4 is 63.0 Å². The summed E-state index contributed by atoms with van der Waals surface area (Å²) in [5.41, 5.74) is 3.54. The van der Waals surface area contributed by atoms with E-state index in [0.717, 1.165) is 44.4 Å². The van der Waals surface area contributed by atoms with Gasteiger partial charge in [0.1, 0.15) is 38.8 Å². The van der Waals surface area contributed by atoms with E-state index in [1.165, 1.54) is 29.0 Å². The van der Waals surface area contributed by atoms with E-state index in [-0.39, 0.29) is 50.1 Å². The topological polar surface area (TPSA) is 127 Å². The molecule has 8 rings (SSSR count). The van der Waals surface area contributed by atoms with E-state index in [4.69, 9.17) is 16.6 Å². The van der Waals surface area contributed by atoms with E-state index >= 15 is 8.78 Å². The van der Waals surface area contributed by atoms with Crippen LogP contribution in [0.15, 0.2) is 77.0 Å². The number of aryl methyl sites for hydroxylation is 1. The Bertz CT molecular complexity index is 2500. The molecular weight excluding hydrogens is 786 g/mol. The van der Waals surface area contributed by atoms with Gasteiger partial charge in [0, 0.05) is 24.7 Å². The summed E-state index contributed by atoms with van der Waals surface area (Å²) in [5.74, 6) is 0.617. The zero-order chi connectivity index (χ0) is 40.2. The minimum absolute atomic E-state index is 0.0214. The summed E-state index contributed by atoms with van der Waals surface area (Å²) in [6.45, 7) is 13.4. The van der Waals surface area contributed by atoms with Gasteiger partial charge in [0.15, 0.2) is 11.6 Å². The van der Waals surface area contributed by atoms with Crippen molar-refractivity contribution in [2.24, 2.45) is 5.41 Å². The molecule has 0 radical (unpaired) electrons. The number of nitrogens with one attached hydrogen (secondary N) is 2. The van der Waals surface area contributed by atoms with E-state index in [1.54, 1.807) is 30.6 Å². The zero-order valence-corrected chi connectivity index (χ0v) is 34.9. The summed E-state index contributed by atoms with van der Waals surface area (Å²) in [7, 11) is -1.19. The number of hydrogen-bond acceptors (Lipinski definition) is 10. The van der Waals surface area contributed by atoms with Crippen LogP contribution in [0, 0.1) is 24.0 Å². The number of hydrogen-bond donors (Lipinski definition) is 2. The lowest BCUT2D eigenvalue weighted by Gasteiger charge is -2.44. The third-order valence-corrected chi connectivity index (χ3v) is 13.7. The van der Waals surface area contributed by atoms with E-state index in [9.17, 15) is 4.21 Å². The molecule has 1 spiro atoms. The van der Waals surface area contributed by atoms with Crippen LogP contribution in [0.1, 0.15) is 76.5 Å². The lowest BCUT2D eigenvalue weighted by atomic mass is 9.73. The number of nitrogens with zero attached hydrogens (tertiary/aromatic N) is 8. The summed E-state index contributed by atoms with van der Waals surface area (Å²) < 4.78 is 48.6. The summed E-state index contributed by atoms with van der Waals surface area (Å²) in [4.78, 5) is 29.7. The highest BCUT2D eigenvalue weighted by Gasteiger charge is 2.49. The first kappa shape index (κ1) is 39.3. The first-order valence-electron chi connectivity index (χ1n) is 18.8. The van der Waals surface area contributed by atoms with Gasteiger partial charge >= 0.3 is 0 Å². The van der Waals surface area contributed by atoms with Crippen LogP contribution in [0.5, 0.6) is 0 Å². The van der Waals surface area contributed by atoms with Crippen LogP contribution in [-0.2, 0) is 17.4 Å². The third kappa shape index (κ3) is 7.74. The van der Waals surface area contributed by atoms with Gasteiger partial charge in [-0.25, -0.2) is 47.6 Å². The molecule has 2 aliphatic rings. The molecule has 2 N–H and O–H groups in total. The molecule has 1 fully saturated rings. The average molecular weight is 829 g/mol. The number of piperidine rings is 1. The molecule has 0 saturated carbocycles. The van der Waals surface area contributed by atoms with Crippen LogP contribution < -0.4 is 14.9 Å². The van der Waals surface area contributed by atoms with Gasteiger partial charge in [0.05, 0.1) is 50.8 Å². The van der Waals surface area contributed by atoms with E-state index in [1.807, 2.05) is 46.1 Å². The van der Waals surface area contributed by atoms with Crippen molar-refractivity contribution in [1.82, 2.24) is 39.2 Å². The molecule has 296 valence electrons. The third-order valence-electron chi connectivity index (χ3n) is 10.7. The molecule has 0 amide bonds. The molecule has 11 nitrogen and oxygen atoms in total. The molecule has 0 unspecified atom stereocenters. The monoisotopic (exact) mass is 828 g/mol. The van der Waals surface area contributed by atoms with Crippen LogP contribution in [0.25, 0.3) is 22.3 Å². The number of rotatable bonds is 9. The van der Waals surface area contributed by atoms with Crippen molar-refractivity contribution in [2.45, 2.75) is 87.6 Å². The van der Waals surface area contributed by atoms with E-state index < -0.39 is 22.6 Å². The zero-order valence-electron chi connectivity index (χ0n) is 32.5. The Labute approximate surface area is 342 Å². The average Bonchev–Trinajstić information content (AvgIpc) is 3.67. The number of imidazole rings is 1. The smallest absolute Gasteiger partial charge is 0.229 e. The summed E-state index contributed by atoms with van der Waals surface area (Å²) >= 11 is 7.96. The van der Waals surface area contributed by atoms with Gasteiger partial charge in [0.2, 0.25) is 5.95 Å². The predicted octanol–water partition coefficient (Wildman–Crippen LogP) is 9.33. The van der Waals surface area contributed by atoms with Gasteiger partial charge in [0.25, 0.3) is 0 Å². The molecule has 0 bridgehead atoms. The van der Waals surface area contributed by atoms with Gasteiger partial charge in [-0.2, -0.15) is 0 Å². The van der Waals surface area contributed by atoms with Gasteiger partial charge in [-0.15, -0.1) is 0 Å². The molecule has 1 aliphatic heterocycles. The van der Waals surface area contributed by atoms with Crippen molar-refractivity contribution in [2.75, 3.05) is 23.3 Å². The van der Waals surface area contributed by atoms with Gasteiger partial charge in [-0.3, -0.25) is 0 Å². The highest BCUT2D eigenvalue weighted by Crippen LogP contribution is 2.52. The SMILES string of the molecule is Cc1nc2c(F)cc(-c3nc(Nc4ccc(Sc5cnc(N6CCC7(CC6)Cc6ccccc6[C@H]7N[S@](=O)C(C)(C)C)cn5)c(Cl)n4)ncc3F)cc2n1C(C)C. The molecule has 4 aromatic heterocycles. The highest BCUT2D eigenvalue weighted by molar-refractivity contribution is 7.99. The van der Waals surface area contributed by atoms with E-state index in [2.05, 4.69) is 64.1 Å². The number of pyridine rings is 1. The van der Waals surface area contributed by atoms with Crippen LogP contribution in [-0.4, -0.2) is 56.5 Å². The highest BCUT2D eigenvalue weighted by atomic mass is 35.5. The van der Waals surface area contributed by atoms with Crippen molar-refractivity contribution in [3.8, 4) is 11.3 Å². The first-order valence-corrected chi connectivity index (χ1v) is 21.2. The maximum Gasteiger partial charge on any atom is 0.229 e. The molecule has 1 saturated heterocycles. The Morgan fingerprint density at radius 2 is 1.74 bits per heavy atom. The van der Waals surface area contributed by atoms with Gasteiger partial charge < -0.3 is 14.8 Å². The molecule has 5 heterocycles. The number of fused-ring (bicyclic) bond motifs is 2. The Morgan fingerprint density at radius 3 is 2.44 bits per heavy atom. The molecule has 2 atom stereocenters. The first-order chi connectivity index (χ1) is 27.2. The van der Waals surface area contributed by atoms with Crippen molar-refractivity contribution in [1.29, 1.82) is 0 Å². The van der Waals surface area contributed by atoms with Crippen LogP contribution in [0.2, 0.25) is 5.15 Å². The summed E-state index contributed by atoms with van der Waals surface area (Å²) in [6, 6.07) is 15.0. The number of benzene rings is 2. The minimum atomic E-state index is -1.19. The number of anilines is 3. The molecule has 2 aromatic carbocycles. The predicted molar refractivity (Wildman–Crippen MR) is 222 cm³/mol. The minimum Gasteiger partial charge on any atom is -0.355 e. The Balaban J connectivity index is 0.925. The molecule has 6 aromatic rings. The van der Waals surface area contributed by atoms with Gasteiger partial charge in [-0.1, -0.05) is 47.6 Å². The Morgan fingerprint density at radius 1 is 0.965 bits per heavy atom. The maximum atomic E-state index is 15.2. The van der Waals surface area contributed by atoms with Crippen LogP contribution in [0.3, 0.4) is 0 Å².